The SMILES string of the molecule is CC(C)(CC(=O)NC(=O)Nc1ccc(Cl)c(Br)c1)C(=O)O. The van der Waals surface area contributed by atoms with E-state index in [0.717, 1.165) is 0 Å². The maximum Gasteiger partial charge on any atom is 0.325 e. The van der Waals surface area contributed by atoms with Crippen LogP contribution in [0, 0.1) is 5.41 Å². The third-order valence-electron chi connectivity index (χ3n) is 2.61. The fraction of sp³-hybridized carbons (Fsp3) is 0.308. The van der Waals surface area contributed by atoms with E-state index in [4.69, 9.17) is 16.7 Å². The second-order valence-electron chi connectivity index (χ2n) is 5.00. The number of carboxylic acid groups (broad SMARTS) is 1. The van der Waals surface area contributed by atoms with Crippen LogP contribution in [-0.2, 0) is 9.59 Å². The Morgan fingerprint density at radius 2 is 1.95 bits per heavy atom. The molecule has 0 fully saturated rings. The van der Waals surface area contributed by atoms with Gasteiger partial charge in [0.25, 0.3) is 0 Å². The number of carbonyl (C=O) groups is 3. The first kappa shape index (κ1) is 17.5. The second-order valence-corrected chi connectivity index (χ2v) is 6.26. The van der Waals surface area contributed by atoms with Crippen molar-refractivity contribution in [3.8, 4) is 0 Å². The number of nitrogens with one attached hydrogen (secondary N) is 2. The highest BCUT2D eigenvalue weighted by atomic mass is 79.9. The van der Waals surface area contributed by atoms with Gasteiger partial charge in [-0.15, -0.1) is 0 Å². The summed E-state index contributed by atoms with van der Waals surface area (Å²) in [4.78, 5) is 34.2. The molecule has 1 aromatic carbocycles. The lowest BCUT2D eigenvalue weighted by atomic mass is 9.89. The Hall–Kier alpha value is -1.60. The fourth-order valence-corrected chi connectivity index (χ4v) is 1.88. The number of benzene rings is 1. The molecule has 0 bridgehead atoms. The van der Waals surface area contributed by atoms with E-state index in [0.29, 0.717) is 15.2 Å². The van der Waals surface area contributed by atoms with Gasteiger partial charge in [-0.25, -0.2) is 4.79 Å². The number of anilines is 1. The van der Waals surface area contributed by atoms with Crippen LogP contribution in [-0.4, -0.2) is 23.0 Å². The van der Waals surface area contributed by atoms with Gasteiger partial charge in [0.2, 0.25) is 5.91 Å². The summed E-state index contributed by atoms with van der Waals surface area (Å²) in [5.41, 5.74) is -0.803. The molecule has 0 atom stereocenters. The summed E-state index contributed by atoms with van der Waals surface area (Å²) in [5, 5.41) is 13.9. The van der Waals surface area contributed by atoms with Crippen molar-refractivity contribution in [1.29, 1.82) is 0 Å². The molecule has 6 nitrogen and oxygen atoms in total. The number of halogens is 2. The minimum atomic E-state index is -1.24. The summed E-state index contributed by atoms with van der Waals surface area (Å²) in [5.74, 6) is -1.78. The molecule has 0 unspecified atom stereocenters. The Balaban J connectivity index is 2.59. The quantitative estimate of drug-likeness (QED) is 0.750. The summed E-state index contributed by atoms with van der Waals surface area (Å²) >= 11 is 9.03. The number of carboxylic acids is 1. The first-order valence-electron chi connectivity index (χ1n) is 5.91. The van der Waals surface area contributed by atoms with Crippen molar-refractivity contribution >= 4 is 51.1 Å². The lowest BCUT2D eigenvalue weighted by molar-refractivity contribution is -0.149. The van der Waals surface area contributed by atoms with Gasteiger partial charge in [-0.3, -0.25) is 14.9 Å². The largest absolute Gasteiger partial charge is 0.481 e. The highest BCUT2D eigenvalue weighted by molar-refractivity contribution is 9.10. The second kappa shape index (κ2) is 6.91. The molecule has 0 saturated heterocycles. The van der Waals surface area contributed by atoms with Gasteiger partial charge in [-0.1, -0.05) is 11.6 Å². The molecule has 3 amide bonds. The zero-order valence-electron chi connectivity index (χ0n) is 11.4. The van der Waals surface area contributed by atoms with E-state index in [1.165, 1.54) is 13.8 Å². The first-order valence-corrected chi connectivity index (χ1v) is 7.08. The minimum absolute atomic E-state index is 0.305. The molecular formula is C13H14BrClN2O4. The first-order chi connectivity index (χ1) is 9.61. The molecule has 114 valence electrons. The summed E-state index contributed by atoms with van der Waals surface area (Å²) in [6, 6.07) is 3.98. The maximum absolute atomic E-state index is 11.6. The third-order valence-corrected chi connectivity index (χ3v) is 3.83. The summed E-state index contributed by atoms with van der Waals surface area (Å²) in [6.45, 7) is 2.81. The van der Waals surface area contributed by atoms with Crippen molar-refractivity contribution in [2.45, 2.75) is 20.3 Å². The summed E-state index contributed by atoms with van der Waals surface area (Å²) < 4.78 is 0.598. The van der Waals surface area contributed by atoms with Crippen LogP contribution in [0.2, 0.25) is 5.02 Å². The molecule has 1 aromatic rings. The fourth-order valence-electron chi connectivity index (χ4n) is 1.38. The van der Waals surface area contributed by atoms with E-state index < -0.39 is 23.3 Å². The average Bonchev–Trinajstić information content (AvgIpc) is 2.32. The molecule has 0 saturated carbocycles. The number of hydrogen-bond donors (Lipinski definition) is 3. The Kier molecular flexibility index (Phi) is 5.74. The lowest BCUT2D eigenvalue weighted by Gasteiger charge is -2.17. The van der Waals surface area contributed by atoms with E-state index >= 15 is 0 Å². The Morgan fingerprint density at radius 3 is 2.48 bits per heavy atom. The molecule has 0 aliphatic carbocycles. The van der Waals surface area contributed by atoms with Crippen LogP contribution >= 0.6 is 27.5 Å². The van der Waals surface area contributed by atoms with Gasteiger partial charge in [-0.05, 0) is 48.0 Å². The van der Waals surface area contributed by atoms with Crippen LogP contribution < -0.4 is 10.6 Å². The average molecular weight is 378 g/mol. The van der Waals surface area contributed by atoms with E-state index in [1.54, 1.807) is 18.2 Å². The number of rotatable bonds is 4. The molecule has 3 N–H and O–H groups in total. The van der Waals surface area contributed by atoms with Crippen LogP contribution in [0.15, 0.2) is 22.7 Å². The highest BCUT2D eigenvalue weighted by Crippen LogP contribution is 2.25. The standard InChI is InChI=1S/C13H14BrClN2O4/c1-13(2,11(19)20)6-10(18)17-12(21)16-7-3-4-9(15)8(14)5-7/h3-5H,6H2,1-2H3,(H,19,20)(H2,16,17,18,21). The van der Waals surface area contributed by atoms with Crippen molar-refractivity contribution < 1.29 is 19.5 Å². The number of carbonyl (C=O) groups excluding carboxylic acids is 2. The smallest absolute Gasteiger partial charge is 0.325 e. The summed E-state index contributed by atoms with van der Waals surface area (Å²) in [6.07, 6.45) is -0.305. The van der Waals surface area contributed by atoms with Gasteiger partial charge in [0.1, 0.15) is 0 Å². The molecule has 0 spiro atoms. The number of aliphatic carboxylic acids is 1. The van der Waals surface area contributed by atoms with Crippen LogP contribution in [0.3, 0.4) is 0 Å². The topological polar surface area (TPSA) is 95.5 Å². The molecule has 0 aliphatic heterocycles. The van der Waals surface area contributed by atoms with E-state index in [9.17, 15) is 14.4 Å². The molecular weight excluding hydrogens is 364 g/mol. The van der Waals surface area contributed by atoms with Gasteiger partial charge in [0, 0.05) is 16.6 Å². The highest BCUT2D eigenvalue weighted by Gasteiger charge is 2.30. The van der Waals surface area contributed by atoms with Crippen LogP contribution in [0.5, 0.6) is 0 Å². The van der Waals surface area contributed by atoms with Crippen molar-refractivity contribution in [2.24, 2.45) is 5.41 Å². The Bertz CT molecular complexity index is 590. The normalized spacial score (nSPS) is 10.9. The lowest BCUT2D eigenvalue weighted by Crippen LogP contribution is -2.38. The van der Waals surface area contributed by atoms with Crippen molar-refractivity contribution in [3.05, 3.63) is 27.7 Å². The van der Waals surface area contributed by atoms with Gasteiger partial charge < -0.3 is 10.4 Å². The van der Waals surface area contributed by atoms with Crippen molar-refractivity contribution in [2.75, 3.05) is 5.32 Å². The number of urea groups is 1. The number of amides is 3. The van der Waals surface area contributed by atoms with Crippen LogP contribution in [0.25, 0.3) is 0 Å². The number of hydrogen-bond acceptors (Lipinski definition) is 3. The van der Waals surface area contributed by atoms with Crippen LogP contribution in [0.1, 0.15) is 20.3 Å². The van der Waals surface area contributed by atoms with Gasteiger partial charge in [0.15, 0.2) is 0 Å². The van der Waals surface area contributed by atoms with E-state index in [1.807, 2.05) is 0 Å². The van der Waals surface area contributed by atoms with Crippen molar-refractivity contribution in [1.82, 2.24) is 5.32 Å². The van der Waals surface area contributed by atoms with Gasteiger partial charge in [0.05, 0.1) is 10.4 Å². The van der Waals surface area contributed by atoms with Crippen molar-refractivity contribution in [3.63, 3.8) is 0 Å². The molecule has 8 heteroatoms. The molecule has 21 heavy (non-hydrogen) atoms. The molecule has 0 aliphatic rings. The number of imide groups is 1. The maximum atomic E-state index is 11.6. The zero-order chi connectivity index (χ0) is 16.2. The Morgan fingerprint density at radius 1 is 1.33 bits per heavy atom. The monoisotopic (exact) mass is 376 g/mol. The van der Waals surface area contributed by atoms with E-state index in [2.05, 4.69) is 26.6 Å². The molecule has 0 radical (unpaired) electrons. The minimum Gasteiger partial charge on any atom is -0.481 e. The Labute approximate surface area is 135 Å². The molecule has 0 heterocycles. The summed E-state index contributed by atoms with van der Waals surface area (Å²) in [7, 11) is 0. The van der Waals surface area contributed by atoms with Gasteiger partial charge >= 0.3 is 12.0 Å². The zero-order valence-corrected chi connectivity index (χ0v) is 13.7. The third kappa shape index (κ3) is 5.35. The van der Waals surface area contributed by atoms with E-state index in [-0.39, 0.29) is 6.42 Å². The predicted molar refractivity (Wildman–Crippen MR) is 82.3 cm³/mol. The molecule has 1 rings (SSSR count). The van der Waals surface area contributed by atoms with Gasteiger partial charge in [-0.2, -0.15) is 0 Å². The molecule has 0 aromatic heterocycles. The predicted octanol–water partition coefficient (Wildman–Crippen LogP) is 3.25. The van der Waals surface area contributed by atoms with Crippen LogP contribution in [0.4, 0.5) is 10.5 Å².